The predicted molar refractivity (Wildman–Crippen MR) is 103 cm³/mol. The maximum Gasteiger partial charge on any atom is 0.276 e. The van der Waals surface area contributed by atoms with Gasteiger partial charge in [-0.2, -0.15) is 5.10 Å². The number of nitrogens with one attached hydrogen (secondary N) is 1. The number of nitrogens with zero attached hydrogens (tertiary/aromatic N) is 2. The maximum atomic E-state index is 12.7. The second kappa shape index (κ2) is 7.87. The summed E-state index contributed by atoms with van der Waals surface area (Å²) in [6, 6.07) is 19.0. The van der Waals surface area contributed by atoms with Gasteiger partial charge in [-0.1, -0.05) is 44.2 Å². The topological polar surface area (TPSA) is 56.1 Å². The number of carbonyl (C=O) groups is 1. The fourth-order valence-corrected chi connectivity index (χ4v) is 2.55. The Kier molecular flexibility index (Phi) is 5.37. The molecule has 0 bridgehead atoms. The Bertz CT molecular complexity index is 885. The van der Waals surface area contributed by atoms with Crippen LogP contribution in [0.2, 0.25) is 0 Å². The molecule has 0 saturated heterocycles. The van der Waals surface area contributed by atoms with Crippen LogP contribution in [0.3, 0.4) is 0 Å². The van der Waals surface area contributed by atoms with Crippen LogP contribution in [0.1, 0.15) is 30.0 Å². The number of aromatic nitrogens is 2. The van der Waals surface area contributed by atoms with Gasteiger partial charge in [-0.25, -0.2) is 4.68 Å². The first-order chi connectivity index (χ1) is 12.5. The van der Waals surface area contributed by atoms with Crippen molar-refractivity contribution < 1.29 is 9.53 Å². The zero-order valence-electron chi connectivity index (χ0n) is 15.3. The molecule has 0 atom stereocenters. The number of ether oxygens (including phenoxy) is 1. The minimum absolute atomic E-state index is 0.261. The monoisotopic (exact) mass is 349 g/mol. The first-order valence-corrected chi connectivity index (χ1v) is 8.70. The van der Waals surface area contributed by atoms with E-state index in [1.54, 1.807) is 10.7 Å². The van der Waals surface area contributed by atoms with Crippen molar-refractivity contribution in [3.63, 3.8) is 0 Å². The smallest absolute Gasteiger partial charge is 0.276 e. The zero-order chi connectivity index (χ0) is 18.5. The van der Waals surface area contributed by atoms with E-state index in [-0.39, 0.29) is 5.91 Å². The van der Waals surface area contributed by atoms with Gasteiger partial charge in [0.1, 0.15) is 5.75 Å². The number of aryl methyl sites for hydroxylation is 1. The Morgan fingerprint density at radius 3 is 2.54 bits per heavy atom. The summed E-state index contributed by atoms with van der Waals surface area (Å²) < 4.78 is 7.55. The average molecular weight is 349 g/mol. The lowest BCUT2D eigenvalue weighted by atomic mass is 10.2. The number of benzene rings is 2. The average Bonchev–Trinajstić information content (AvgIpc) is 3.03. The fraction of sp³-hybridized carbons (Fsp3) is 0.238. The van der Waals surface area contributed by atoms with Crippen LogP contribution < -0.4 is 10.1 Å². The van der Waals surface area contributed by atoms with E-state index in [0.717, 1.165) is 11.4 Å². The highest BCUT2D eigenvalue weighted by Crippen LogP contribution is 2.25. The molecule has 0 spiro atoms. The van der Waals surface area contributed by atoms with Crippen LogP contribution in [-0.2, 0) is 0 Å². The summed E-state index contributed by atoms with van der Waals surface area (Å²) in [6.07, 6.45) is 0. The van der Waals surface area contributed by atoms with E-state index in [0.29, 0.717) is 29.7 Å². The van der Waals surface area contributed by atoms with Gasteiger partial charge in [0.15, 0.2) is 5.69 Å². The second-order valence-corrected chi connectivity index (χ2v) is 6.57. The molecule has 1 aromatic heterocycles. The molecule has 0 unspecified atom stereocenters. The van der Waals surface area contributed by atoms with Crippen molar-refractivity contribution in [1.82, 2.24) is 9.78 Å². The number of hydrogen-bond donors (Lipinski definition) is 1. The van der Waals surface area contributed by atoms with Gasteiger partial charge in [0.25, 0.3) is 5.91 Å². The van der Waals surface area contributed by atoms with Crippen LogP contribution in [0.5, 0.6) is 5.75 Å². The van der Waals surface area contributed by atoms with E-state index in [4.69, 9.17) is 4.74 Å². The van der Waals surface area contributed by atoms with Crippen molar-refractivity contribution in [3.05, 3.63) is 72.1 Å². The normalized spacial score (nSPS) is 10.8. The predicted octanol–water partition coefficient (Wildman–Crippen LogP) is 4.47. The Morgan fingerprint density at radius 2 is 1.81 bits per heavy atom. The van der Waals surface area contributed by atoms with Crippen LogP contribution in [0.25, 0.3) is 5.69 Å². The Balaban J connectivity index is 1.79. The lowest BCUT2D eigenvalue weighted by Gasteiger charge is -2.13. The Labute approximate surface area is 153 Å². The molecule has 0 aliphatic rings. The summed E-state index contributed by atoms with van der Waals surface area (Å²) in [5, 5.41) is 7.35. The maximum absolute atomic E-state index is 12.7. The molecule has 3 aromatic rings. The Hall–Kier alpha value is -3.08. The third-order valence-electron chi connectivity index (χ3n) is 3.83. The highest BCUT2D eigenvalue weighted by Gasteiger charge is 2.15. The summed E-state index contributed by atoms with van der Waals surface area (Å²) in [4.78, 5) is 12.7. The minimum atomic E-state index is -0.261. The molecule has 3 rings (SSSR count). The molecular formula is C21H23N3O2. The summed E-state index contributed by atoms with van der Waals surface area (Å²) in [5.74, 6) is 0.806. The lowest BCUT2D eigenvalue weighted by molar-refractivity contribution is 0.102. The SMILES string of the molecule is Cc1cc(C(=O)Nc2ccccc2OCC(C)C)nn1-c1ccccc1. The van der Waals surface area contributed by atoms with E-state index in [2.05, 4.69) is 24.3 Å². The number of amides is 1. The summed E-state index contributed by atoms with van der Waals surface area (Å²) in [6.45, 7) is 6.69. The van der Waals surface area contributed by atoms with E-state index in [9.17, 15) is 4.79 Å². The second-order valence-electron chi connectivity index (χ2n) is 6.57. The third kappa shape index (κ3) is 4.11. The highest BCUT2D eigenvalue weighted by molar-refractivity contribution is 6.03. The van der Waals surface area contributed by atoms with Gasteiger partial charge >= 0.3 is 0 Å². The molecule has 5 nitrogen and oxygen atoms in total. The lowest BCUT2D eigenvalue weighted by Crippen LogP contribution is -2.15. The van der Waals surface area contributed by atoms with Gasteiger partial charge in [-0.3, -0.25) is 4.79 Å². The third-order valence-corrected chi connectivity index (χ3v) is 3.83. The molecule has 1 heterocycles. The van der Waals surface area contributed by atoms with E-state index >= 15 is 0 Å². The molecule has 0 radical (unpaired) electrons. The van der Waals surface area contributed by atoms with Gasteiger partial charge in [0.05, 0.1) is 18.0 Å². The van der Waals surface area contributed by atoms with Gasteiger partial charge in [0, 0.05) is 5.69 Å². The van der Waals surface area contributed by atoms with Crippen LogP contribution in [0, 0.1) is 12.8 Å². The molecule has 1 N–H and O–H groups in total. The highest BCUT2D eigenvalue weighted by atomic mass is 16.5. The molecule has 1 amide bonds. The van der Waals surface area contributed by atoms with Crippen molar-refractivity contribution in [3.8, 4) is 11.4 Å². The molecular weight excluding hydrogens is 326 g/mol. The van der Waals surface area contributed by atoms with Crippen molar-refractivity contribution in [2.45, 2.75) is 20.8 Å². The largest absolute Gasteiger partial charge is 0.491 e. The molecule has 0 fully saturated rings. The van der Waals surface area contributed by atoms with E-state index in [1.807, 2.05) is 61.5 Å². The number of rotatable bonds is 6. The molecule has 134 valence electrons. The molecule has 26 heavy (non-hydrogen) atoms. The fourth-order valence-electron chi connectivity index (χ4n) is 2.55. The van der Waals surface area contributed by atoms with Crippen molar-refractivity contribution in [1.29, 1.82) is 0 Å². The molecule has 2 aromatic carbocycles. The minimum Gasteiger partial charge on any atom is -0.491 e. The van der Waals surface area contributed by atoms with Crippen molar-refractivity contribution in [2.24, 2.45) is 5.92 Å². The van der Waals surface area contributed by atoms with Gasteiger partial charge < -0.3 is 10.1 Å². The number of carbonyl (C=O) groups excluding carboxylic acids is 1. The number of hydrogen-bond acceptors (Lipinski definition) is 3. The van der Waals surface area contributed by atoms with Crippen LogP contribution in [-0.4, -0.2) is 22.3 Å². The quantitative estimate of drug-likeness (QED) is 0.714. The van der Waals surface area contributed by atoms with Gasteiger partial charge in [-0.05, 0) is 43.2 Å². The number of para-hydroxylation sites is 3. The van der Waals surface area contributed by atoms with Crippen LogP contribution in [0.15, 0.2) is 60.7 Å². The summed E-state index contributed by atoms with van der Waals surface area (Å²) in [5.41, 5.74) is 2.82. The first kappa shape index (κ1) is 17.7. The van der Waals surface area contributed by atoms with Gasteiger partial charge in [0.2, 0.25) is 0 Å². The van der Waals surface area contributed by atoms with E-state index < -0.39 is 0 Å². The summed E-state index contributed by atoms with van der Waals surface area (Å²) >= 11 is 0. The Morgan fingerprint density at radius 1 is 1.12 bits per heavy atom. The molecule has 0 aliphatic carbocycles. The number of anilines is 1. The van der Waals surface area contributed by atoms with Crippen LogP contribution >= 0.6 is 0 Å². The standard InChI is InChI=1S/C21H23N3O2/c1-15(2)14-26-20-12-8-7-11-18(20)22-21(25)19-13-16(3)24(23-19)17-9-5-4-6-10-17/h4-13,15H,14H2,1-3H3,(H,22,25). The van der Waals surface area contributed by atoms with Gasteiger partial charge in [-0.15, -0.1) is 0 Å². The first-order valence-electron chi connectivity index (χ1n) is 8.70. The van der Waals surface area contributed by atoms with Crippen LogP contribution in [0.4, 0.5) is 5.69 Å². The molecule has 0 saturated carbocycles. The zero-order valence-corrected chi connectivity index (χ0v) is 15.3. The van der Waals surface area contributed by atoms with Crippen molar-refractivity contribution >= 4 is 11.6 Å². The molecule has 5 heteroatoms. The molecule has 0 aliphatic heterocycles. The van der Waals surface area contributed by atoms with E-state index in [1.165, 1.54) is 0 Å². The summed E-state index contributed by atoms with van der Waals surface area (Å²) in [7, 11) is 0. The van der Waals surface area contributed by atoms with Crippen molar-refractivity contribution in [2.75, 3.05) is 11.9 Å².